The largest absolute Gasteiger partial charge is 0.477 e. The van der Waals surface area contributed by atoms with E-state index in [1.54, 1.807) is 12.4 Å². The Hall–Kier alpha value is -1.75. The average molecular weight is 246 g/mol. The maximum Gasteiger partial charge on any atom is 0.224 e. The molecule has 2 rings (SSSR count). The van der Waals surface area contributed by atoms with Gasteiger partial charge in [-0.25, -0.2) is 4.98 Å². The second kappa shape index (κ2) is 5.73. The third-order valence-electron chi connectivity index (χ3n) is 2.56. The van der Waals surface area contributed by atoms with Crippen LogP contribution in [0.15, 0.2) is 18.5 Å². The number of rotatable bonds is 5. The average Bonchev–Trinajstić information content (AvgIpc) is 2.34. The number of fused-ring (bicyclic) bond motifs is 1. The number of hydrogen-bond acceptors (Lipinski definition) is 5. The van der Waals surface area contributed by atoms with Crippen molar-refractivity contribution >= 4 is 10.9 Å². The van der Waals surface area contributed by atoms with Crippen LogP contribution in [0, 0.1) is 6.92 Å². The Bertz CT molecular complexity index is 527. The first-order chi connectivity index (χ1) is 8.66. The minimum absolute atomic E-state index is 0.652. The molecule has 0 saturated heterocycles. The van der Waals surface area contributed by atoms with Gasteiger partial charge in [-0.15, -0.1) is 0 Å². The van der Waals surface area contributed by atoms with Gasteiger partial charge in [-0.05, 0) is 33.5 Å². The number of aromatic nitrogens is 3. The monoisotopic (exact) mass is 246 g/mol. The van der Waals surface area contributed by atoms with Gasteiger partial charge in [-0.3, -0.25) is 4.98 Å². The molecule has 0 radical (unpaired) electrons. The topological polar surface area (TPSA) is 51.1 Å². The van der Waals surface area contributed by atoms with Crippen LogP contribution < -0.4 is 4.74 Å². The molecule has 0 N–H and O–H groups in total. The number of aryl methyl sites for hydroxylation is 1. The predicted molar refractivity (Wildman–Crippen MR) is 70.7 cm³/mol. The summed E-state index contributed by atoms with van der Waals surface area (Å²) in [5.41, 5.74) is 0.826. The zero-order chi connectivity index (χ0) is 13.0. The van der Waals surface area contributed by atoms with Crippen molar-refractivity contribution in [2.24, 2.45) is 0 Å². The van der Waals surface area contributed by atoms with E-state index in [2.05, 4.69) is 33.9 Å². The van der Waals surface area contributed by atoms with Crippen molar-refractivity contribution in [3.05, 3.63) is 24.3 Å². The van der Waals surface area contributed by atoms with Gasteiger partial charge < -0.3 is 9.64 Å². The van der Waals surface area contributed by atoms with Gasteiger partial charge in [0.15, 0.2) is 0 Å². The summed E-state index contributed by atoms with van der Waals surface area (Å²) in [4.78, 5) is 14.9. The van der Waals surface area contributed by atoms with E-state index in [1.807, 2.05) is 13.0 Å². The lowest BCUT2D eigenvalue weighted by Gasteiger charge is -2.11. The molecule has 0 unspecified atom stereocenters. The summed E-state index contributed by atoms with van der Waals surface area (Å²) in [6.07, 6.45) is 4.44. The molecule has 2 aromatic heterocycles. The van der Waals surface area contributed by atoms with E-state index in [9.17, 15) is 0 Å². The van der Waals surface area contributed by atoms with Gasteiger partial charge in [-0.1, -0.05) is 0 Å². The quantitative estimate of drug-likeness (QED) is 0.751. The zero-order valence-electron chi connectivity index (χ0n) is 11.1. The third kappa shape index (κ3) is 3.13. The van der Waals surface area contributed by atoms with Crippen molar-refractivity contribution in [2.75, 3.05) is 27.2 Å². The summed E-state index contributed by atoms with van der Waals surface area (Å²) in [5.74, 6) is 1.36. The van der Waals surface area contributed by atoms with E-state index < -0.39 is 0 Å². The Balaban J connectivity index is 2.12. The van der Waals surface area contributed by atoms with Gasteiger partial charge in [0.2, 0.25) is 5.88 Å². The lowest BCUT2D eigenvalue weighted by molar-refractivity contribution is 0.275. The van der Waals surface area contributed by atoms with Gasteiger partial charge in [0.25, 0.3) is 0 Å². The first kappa shape index (κ1) is 12.7. The van der Waals surface area contributed by atoms with E-state index in [4.69, 9.17) is 4.74 Å². The van der Waals surface area contributed by atoms with Crippen molar-refractivity contribution in [1.29, 1.82) is 0 Å². The van der Waals surface area contributed by atoms with Crippen LogP contribution in [0.25, 0.3) is 10.9 Å². The van der Waals surface area contributed by atoms with Crippen molar-refractivity contribution in [2.45, 2.75) is 13.3 Å². The normalized spacial score (nSPS) is 11.1. The molecule has 0 spiro atoms. The maximum atomic E-state index is 5.74. The standard InChI is InChI=1S/C13H18N4O/c1-10-15-12-9-14-6-5-11(12)13(16-10)18-8-4-7-17(2)3/h5-6,9H,4,7-8H2,1-3H3. The summed E-state index contributed by atoms with van der Waals surface area (Å²) >= 11 is 0. The molecule has 96 valence electrons. The highest BCUT2D eigenvalue weighted by atomic mass is 16.5. The second-order valence-electron chi connectivity index (χ2n) is 4.47. The number of pyridine rings is 1. The van der Waals surface area contributed by atoms with Gasteiger partial charge in [0, 0.05) is 12.7 Å². The van der Waals surface area contributed by atoms with Crippen LogP contribution >= 0.6 is 0 Å². The van der Waals surface area contributed by atoms with Crippen LogP contribution in [0.5, 0.6) is 5.88 Å². The van der Waals surface area contributed by atoms with Crippen molar-refractivity contribution in [3.8, 4) is 5.88 Å². The SMILES string of the molecule is Cc1nc(OCCCN(C)C)c2ccncc2n1. The molecule has 0 bridgehead atoms. The van der Waals surface area contributed by atoms with Crippen LogP contribution in [-0.4, -0.2) is 47.1 Å². The highest BCUT2D eigenvalue weighted by molar-refractivity contribution is 5.82. The van der Waals surface area contributed by atoms with Crippen LogP contribution in [0.3, 0.4) is 0 Å². The first-order valence-electron chi connectivity index (χ1n) is 6.02. The highest BCUT2D eigenvalue weighted by Crippen LogP contribution is 2.21. The summed E-state index contributed by atoms with van der Waals surface area (Å²) in [7, 11) is 4.10. The summed E-state index contributed by atoms with van der Waals surface area (Å²) in [6.45, 7) is 3.52. The molecule has 0 fully saturated rings. The third-order valence-corrected chi connectivity index (χ3v) is 2.56. The molecule has 2 aromatic rings. The minimum atomic E-state index is 0.652. The van der Waals surface area contributed by atoms with Crippen LogP contribution in [0.1, 0.15) is 12.2 Å². The molecule has 0 aromatic carbocycles. The Kier molecular flexibility index (Phi) is 4.04. The molecule has 0 amide bonds. The van der Waals surface area contributed by atoms with Crippen LogP contribution in [0.4, 0.5) is 0 Å². The Labute approximate surface area is 107 Å². The Morgan fingerprint density at radius 2 is 2.11 bits per heavy atom. The van der Waals surface area contributed by atoms with E-state index in [0.29, 0.717) is 18.3 Å². The molecule has 0 atom stereocenters. The molecule has 0 aliphatic rings. The number of nitrogens with zero attached hydrogens (tertiary/aromatic N) is 4. The first-order valence-corrected chi connectivity index (χ1v) is 6.02. The molecule has 2 heterocycles. The van der Waals surface area contributed by atoms with Gasteiger partial charge in [-0.2, -0.15) is 4.98 Å². The fraction of sp³-hybridized carbons (Fsp3) is 0.462. The van der Waals surface area contributed by atoms with Crippen molar-refractivity contribution < 1.29 is 4.74 Å². The molecule has 0 aliphatic carbocycles. The lowest BCUT2D eigenvalue weighted by atomic mass is 10.3. The summed E-state index contributed by atoms with van der Waals surface area (Å²) < 4.78 is 5.74. The molecule has 0 aliphatic heterocycles. The molecule has 18 heavy (non-hydrogen) atoms. The molecule has 5 heteroatoms. The number of ether oxygens (including phenoxy) is 1. The molecule has 0 saturated carbocycles. The van der Waals surface area contributed by atoms with Gasteiger partial charge >= 0.3 is 0 Å². The van der Waals surface area contributed by atoms with E-state index >= 15 is 0 Å². The Morgan fingerprint density at radius 1 is 1.28 bits per heavy atom. The summed E-state index contributed by atoms with van der Waals surface area (Å²) in [5, 5.41) is 0.917. The van der Waals surface area contributed by atoms with Crippen LogP contribution in [0.2, 0.25) is 0 Å². The zero-order valence-corrected chi connectivity index (χ0v) is 11.1. The maximum absolute atomic E-state index is 5.74. The smallest absolute Gasteiger partial charge is 0.224 e. The van der Waals surface area contributed by atoms with Gasteiger partial charge in [0.1, 0.15) is 5.82 Å². The fourth-order valence-corrected chi connectivity index (χ4v) is 1.72. The summed E-state index contributed by atoms with van der Waals surface area (Å²) in [6, 6.07) is 1.88. The van der Waals surface area contributed by atoms with Crippen molar-refractivity contribution in [3.63, 3.8) is 0 Å². The highest BCUT2D eigenvalue weighted by Gasteiger charge is 2.06. The fourth-order valence-electron chi connectivity index (χ4n) is 1.72. The molecule has 5 nitrogen and oxygen atoms in total. The molecular weight excluding hydrogens is 228 g/mol. The number of hydrogen-bond donors (Lipinski definition) is 0. The van der Waals surface area contributed by atoms with Crippen LogP contribution in [-0.2, 0) is 0 Å². The van der Waals surface area contributed by atoms with Gasteiger partial charge in [0.05, 0.1) is 23.7 Å². The van der Waals surface area contributed by atoms with E-state index in [-0.39, 0.29) is 0 Å². The minimum Gasteiger partial charge on any atom is -0.477 e. The lowest BCUT2D eigenvalue weighted by Crippen LogP contribution is -2.15. The van der Waals surface area contributed by atoms with E-state index in [0.717, 1.165) is 23.9 Å². The second-order valence-corrected chi connectivity index (χ2v) is 4.47. The molecular formula is C13H18N4O. The van der Waals surface area contributed by atoms with E-state index in [1.165, 1.54) is 0 Å². The predicted octanol–water partition coefficient (Wildman–Crippen LogP) is 1.66. The Morgan fingerprint density at radius 3 is 2.89 bits per heavy atom. The van der Waals surface area contributed by atoms with Crippen molar-refractivity contribution in [1.82, 2.24) is 19.9 Å².